The quantitative estimate of drug-likeness (QED) is 0.696. The van der Waals surface area contributed by atoms with Crippen molar-refractivity contribution in [2.24, 2.45) is 0 Å². The Morgan fingerprint density at radius 2 is 1.93 bits per heavy atom. The van der Waals surface area contributed by atoms with E-state index >= 15 is 0 Å². The van der Waals surface area contributed by atoms with Gasteiger partial charge < -0.3 is 4.74 Å². The molecule has 0 amide bonds. The number of hydrogen-bond donors (Lipinski definition) is 0. The van der Waals surface area contributed by atoms with Gasteiger partial charge in [-0.25, -0.2) is 0 Å². The lowest BCUT2D eigenvalue weighted by Crippen LogP contribution is -2.14. The van der Waals surface area contributed by atoms with Gasteiger partial charge in [0.25, 0.3) is 0 Å². The van der Waals surface area contributed by atoms with E-state index in [-0.39, 0.29) is 0 Å². The van der Waals surface area contributed by atoms with Crippen molar-refractivity contribution in [2.45, 2.75) is 38.2 Å². The van der Waals surface area contributed by atoms with Crippen LogP contribution in [0.4, 0.5) is 0 Å². The maximum absolute atomic E-state index is 5.81. The SMILES string of the molecule is c1ccc(CC2CCCCCO2)cc1. The minimum atomic E-state index is 0.458. The van der Waals surface area contributed by atoms with Crippen LogP contribution in [0.25, 0.3) is 0 Å². The second-order valence-electron chi connectivity index (χ2n) is 4.03. The van der Waals surface area contributed by atoms with E-state index in [1.54, 1.807) is 0 Å². The topological polar surface area (TPSA) is 9.23 Å². The third kappa shape index (κ3) is 2.85. The van der Waals surface area contributed by atoms with E-state index in [1.165, 1.54) is 31.2 Å². The molecule has 0 spiro atoms. The predicted molar refractivity (Wildman–Crippen MR) is 58.4 cm³/mol. The van der Waals surface area contributed by atoms with Crippen LogP contribution in [-0.4, -0.2) is 12.7 Å². The first-order chi connectivity index (χ1) is 6.95. The highest BCUT2D eigenvalue weighted by Gasteiger charge is 2.12. The van der Waals surface area contributed by atoms with Crippen LogP contribution in [0.1, 0.15) is 31.2 Å². The highest BCUT2D eigenvalue weighted by atomic mass is 16.5. The van der Waals surface area contributed by atoms with E-state index in [0.717, 1.165) is 13.0 Å². The van der Waals surface area contributed by atoms with Crippen LogP contribution in [0, 0.1) is 0 Å². The summed E-state index contributed by atoms with van der Waals surface area (Å²) in [6.07, 6.45) is 6.68. The van der Waals surface area contributed by atoms with Gasteiger partial charge in [0.15, 0.2) is 0 Å². The first kappa shape index (κ1) is 9.72. The van der Waals surface area contributed by atoms with Gasteiger partial charge in [-0.15, -0.1) is 0 Å². The Morgan fingerprint density at radius 3 is 2.79 bits per heavy atom. The number of benzene rings is 1. The summed E-state index contributed by atoms with van der Waals surface area (Å²) in [4.78, 5) is 0. The lowest BCUT2D eigenvalue weighted by Gasteiger charge is -2.14. The van der Waals surface area contributed by atoms with E-state index in [0.29, 0.717) is 6.10 Å². The first-order valence-electron chi connectivity index (χ1n) is 5.61. The number of rotatable bonds is 2. The average Bonchev–Trinajstić information content (AvgIpc) is 2.48. The summed E-state index contributed by atoms with van der Waals surface area (Å²) in [6, 6.07) is 10.7. The van der Waals surface area contributed by atoms with Crippen molar-refractivity contribution >= 4 is 0 Å². The molecule has 0 aromatic heterocycles. The molecule has 76 valence electrons. The van der Waals surface area contributed by atoms with Crippen molar-refractivity contribution < 1.29 is 4.74 Å². The fourth-order valence-electron chi connectivity index (χ4n) is 2.02. The minimum absolute atomic E-state index is 0.458. The fourth-order valence-corrected chi connectivity index (χ4v) is 2.02. The van der Waals surface area contributed by atoms with Crippen molar-refractivity contribution in [3.63, 3.8) is 0 Å². The van der Waals surface area contributed by atoms with Crippen molar-refractivity contribution in [1.29, 1.82) is 0 Å². The molecular weight excluding hydrogens is 172 g/mol. The number of hydrogen-bond acceptors (Lipinski definition) is 1. The maximum Gasteiger partial charge on any atom is 0.0615 e. The molecule has 0 bridgehead atoms. The van der Waals surface area contributed by atoms with E-state index < -0.39 is 0 Å². The van der Waals surface area contributed by atoms with Gasteiger partial charge in [-0.1, -0.05) is 43.2 Å². The van der Waals surface area contributed by atoms with Crippen LogP contribution in [0.2, 0.25) is 0 Å². The van der Waals surface area contributed by atoms with Gasteiger partial charge in [0, 0.05) is 6.61 Å². The molecule has 1 aliphatic heterocycles. The molecule has 0 N–H and O–H groups in total. The summed E-state index contributed by atoms with van der Waals surface area (Å²) in [5.41, 5.74) is 1.40. The number of ether oxygens (including phenoxy) is 1. The summed E-state index contributed by atoms with van der Waals surface area (Å²) in [5, 5.41) is 0. The zero-order valence-electron chi connectivity index (χ0n) is 8.61. The van der Waals surface area contributed by atoms with Crippen LogP contribution in [0.15, 0.2) is 30.3 Å². The fraction of sp³-hybridized carbons (Fsp3) is 0.538. The van der Waals surface area contributed by atoms with Crippen molar-refractivity contribution in [3.8, 4) is 0 Å². The molecule has 1 unspecified atom stereocenters. The molecule has 1 aromatic rings. The molecule has 0 saturated carbocycles. The molecule has 1 heterocycles. The molecule has 0 aliphatic carbocycles. The first-order valence-corrected chi connectivity index (χ1v) is 5.61. The van der Waals surface area contributed by atoms with Crippen LogP contribution in [0.5, 0.6) is 0 Å². The van der Waals surface area contributed by atoms with E-state index in [4.69, 9.17) is 4.74 Å². The largest absolute Gasteiger partial charge is 0.378 e. The van der Waals surface area contributed by atoms with Crippen molar-refractivity contribution in [1.82, 2.24) is 0 Å². The van der Waals surface area contributed by atoms with Gasteiger partial charge >= 0.3 is 0 Å². The Labute approximate surface area is 86.1 Å². The summed E-state index contributed by atoms with van der Waals surface area (Å²) < 4.78 is 5.81. The lowest BCUT2D eigenvalue weighted by atomic mass is 10.0. The molecule has 14 heavy (non-hydrogen) atoms. The molecule has 1 nitrogen and oxygen atoms in total. The van der Waals surface area contributed by atoms with Crippen molar-refractivity contribution in [3.05, 3.63) is 35.9 Å². The van der Waals surface area contributed by atoms with Gasteiger partial charge in [0.05, 0.1) is 6.10 Å². The summed E-state index contributed by atoms with van der Waals surface area (Å²) in [5.74, 6) is 0. The Bertz CT molecular complexity index is 247. The lowest BCUT2D eigenvalue weighted by molar-refractivity contribution is 0.0592. The molecule has 0 radical (unpaired) electrons. The standard InChI is InChI=1S/C13H18O/c1-3-7-12(8-4-1)11-13-9-5-2-6-10-14-13/h1,3-4,7-8,13H,2,5-6,9-11H2. The van der Waals surface area contributed by atoms with Gasteiger partial charge in [-0.05, 0) is 24.8 Å². The highest BCUT2D eigenvalue weighted by molar-refractivity contribution is 5.15. The molecule has 2 rings (SSSR count). The molecule has 1 saturated heterocycles. The van der Waals surface area contributed by atoms with Gasteiger partial charge in [0.2, 0.25) is 0 Å². The van der Waals surface area contributed by atoms with Crippen LogP contribution >= 0.6 is 0 Å². The third-order valence-electron chi connectivity index (χ3n) is 2.83. The summed E-state index contributed by atoms with van der Waals surface area (Å²) in [7, 11) is 0. The van der Waals surface area contributed by atoms with Gasteiger partial charge in [-0.2, -0.15) is 0 Å². The monoisotopic (exact) mass is 190 g/mol. The second kappa shape index (κ2) is 5.16. The molecule has 1 aromatic carbocycles. The summed E-state index contributed by atoms with van der Waals surface area (Å²) >= 11 is 0. The Morgan fingerprint density at radius 1 is 1.07 bits per heavy atom. The zero-order chi connectivity index (χ0) is 9.64. The summed E-state index contributed by atoms with van der Waals surface area (Å²) in [6.45, 7) is 0.956. The van der Waals surface area contributed by atoms with Crippen LogP contribution in [-0.2, 0) is 11.2 Å². The van der Waals surface area contributed by atoms with Gasteiger partial charge in [0.1, 0.15) is 0 Å². The average molecular weight is 190 g/mol. The highest BCUT2D eigenvalue weighted by Crippen LogP contribution is 2.16. The van der Waals surface area contributed by atoms with E-state index in [9.17, 15) is 0 Å². The molecule has 1 atom stereocenters. The Balaban J connectivity index is 1.90. The van der Waals surface area contributed by atoms with E-state index in [1.807, 2.05) is 0 Å². The molecule has 1 fully saturated rings. The van der Waals surface area contributed by atoms with Crippen molar-refractivity contribution in [2.75, 3.05) is 6.61 Å². The predicted octanol–water partition coefficient (Wildman–Crippen LogP) is 3.19. The van der Waals surface area contributed by atoms with E-state index in [2.05, 4.69) is 30.3 Å². The Hall–Kier alpha value is -0.820. The zero-order valence-corrected chi connectivity index (χ0v) is 8.61. The van der Waals surface area contributed by atoms with Crippen LogP contribution < -0.4 is 0 Å². The second-order valence-corrected chi connectivity index (χ2v) is 4.03. The third-order valence-corrected chi connectivity index (χ3v) is 2.83. The molecular formula is C13H18O. The maximum atomic E-state index is 5.81. The minimum Gasteiger partial charge on any atom is -0.378 e. The smallest absolute Gasteiger partial charge is 0.0615 e. The normalized spacial score (nSPS) is 23.0. The van der Waals surface area contributed by atoms with Crippen LogP contribution in [0.3, 0.4) is 0 Å². The Kier molecular flexibility index (Phi) is 3.58. The van der Waals surface area contributed by atoms with Gasteiger partial charge in [-0.3, -0.25) is 0 Å². The molecule has 1 aliphatic rings. The molecule has 1 heteroatoms.